The van der Waals surface area contributed by atoms with Crippen molar-refractivity contribution in [3.05, 3.63) is 71.7 Å². The van der Waals surface area contributed by atoms with E-state index in [2.05, 4.69) is 0 Å². The van der Waals surface area contributed by atoms with Crippen LogP contribution in [0.5, 0.6) is 0 Å². The number of carbonyl (C=O) groups excluding carboxylic acids is 2. The average molecular weight is 394 g/mol. The Hall–Kier alpha value is -2.99. The zero-order valence-corrected chi connectivity index (χ0v) is 16.3. The van der Waals surface area contributed by atoms with Crippen molar-refractivity contribution in [2.75, 3.05) is 19.8 Å². The lowest BCUT2D eigenvalue weighted by Crippen LogP contribution is -2.49. The Balaban J connectivity index is 1.75. The van der Waals surface area contributed by atoms with Crippen LogP contribution in [0.1, 0.15) is 29.4 Å². The predicted molar refractivity (Wildman–Crippen MR) is 108 cm³/mol. The minimum Gasteiger partial charge on any atom is -0.377 e. The summed E-state index contributed by atoms with van der Waals surface area (Å²) in [5.41, 5.74) is 1.88. The number of aromatic nitrogens is 1. The van der Waals surface area contributed by atoms with Gasteiger partial charge in [0.1, 0.15) is 17.3 Å². The van der Waals surface area contributed by atoms with E-state index in [1.54, 1.807) is 23.1 Å². The van der Waals surface area contributed by atoms with Crippen molar-refractivity contribution < 1.29 is 18.7 Å². The van der Waals surface area contributed by atoms with E-state index < -0.39 is 0 Å². The van der Waals surface area contributed by atoms with Crippen LogP contribution >= 0.6 is 0 Å². The van der Waals surface area contributed by atoms with Crippen molar-refractivity contribution in [3.8, 4) is 0 Å². The summed E-state index contributed by atoms with van der Waals surface area (Å²) in [6.07, 6.45) is 0.263. The maximum absolute atomic E-state index is 14.3. The first-order valence-corrected chi connectivity index (χ1v) is 9.74. The first kappa shape index (κ1) is 19.3. The van der Waals surface area contributed by atoms with Gasteiger partial charge < -0.3 is 14.2 Å². The van der Waals surface area contributed by atoms with Gasteiger partial charge in [0.15, 0.2) is 0 Å². The van der Waals surface area contributed by atoms with E-state index in [1.807, 2.05) is 34.9 Å². The number of benzene rings is 2. The molecule has 150 valence electrons. The van der Waals surface area contributed by atoms with E-state index >= 15 is 0 Å². The van der Waals surface area contributed by atoms with Crippen LogP contribution in [0.15, 0.2) is 54.6 Å². The highest BCUT2D eigenvalue weighted by Gasteiger charge is 2.31. The maximum Gasteiger partial charge on any atom is 0.270 e. The molecule has 0 saturated carbocycles. The standard InChI is InChI=1S/C23H23FN2O3/c1-16(27)12-19-15-29-11-10-25(19)23(28)22-13-17-6-3-5-9-21(17)26(22)14-18-7-2-4-8-20(18)24/h2-9,13,19H,10-12,14-15H2,1H3. The highest BCUT2D eigenvalue weighted by Crippen LogP contribution is 2.25. The lowest BCUT2D eigenvalue weighted by atomic mass is 10.1. The summed E-state index contributed by atoms with van der Waals surface area (Å²) in [5.74, 6) is -0.443. The monoisotopic (exact) mass is 394 g/mol. The van der Waals surface area contributed by atoms with Crippen LogP contribution < -0.4 is 0 Å². The molecule has 1 atom stereocenters. The smallest absolute Gasteiger partial charge is 0.270 e. The molecule has 0 aliphatic carbocycles. The molecule has 3 aromatic rings. The molecule has 2 aromatic carbocycles. The highest BCUT2D eigenvalue weighted by atomic mass is 19.1. The first-order chi connectivity index (χ1) is 14.0. The number of ketones is 1. The third-order valence-corrected chi connectivity index (χ3v) is 5.33. The predicted octanol–water partition coefficient (Wildman–Crippen LogP) is 3.65. The van der Waals surface area contributed by atoms with E-state index in [0.717, 1.165) is 10.9 Å². The van der Waals surface area contributed by atoms with Gasteiger partial charge in [-0.15, -0.1) is 0 Å². The molecule has 5 nitrogen and oxygen atoms in total. The van der Waals surface area contributed by atoms with Gasteiger partial charge in [-0.1, -0.05) is 36.4 Å². The molecule has 6 heteroatoms. The third kappa shape index (κ3) is 3.93. The number of ether oxygens (including phenoxy) is 1. The summed E-state index contributed by atoms with van der Waals surface area (Å²) >= 11 is 0. The van der Waals surface area contributed by atoms with Crippen LogP contribution in [0, 0.1) is 5.82 Å². The number of halogens is 1. The van der Waals surface area contributed by atoms with Gasteiger partial charge in [0.05, 0.1) is 25.8 Å². The minimum atomic E-state index is -0.301. The summed E-state index contributed by atoms with van der Waals surface area (Å²) in [6.45, 7) is 2.99. The van der Waals surface area contributed by atoms with Crippen LogP contribution in [-0.2, 0) is 16.1 Å². The second-order valence-electron chi connectivity index (χ2n) is 7.40. The van der Waals surface area contributed by atoms with Crippen LogP contribution in [0.25, 0.3) is 10.9 Å². The SMILES string of the molecule is CC(=O)CC1COCCN1C(=O)c1cc2ccccc2n1Cc1ccccc1F. The number of hydrogen-bond donors (Lipinski definition) is 0. The second-order valence-corrected chi connectivity index (χ2v) is 7.40. The molecule has 0 bridgehead atoms. The highest BCUT2D eigenvalue weighted by molar-refractivity contribution is 5.99. The Morgan fingerprint density at radius 3 is 2.69 bits per heavy atom. The molecule has 29 heavy (non-hydrogen) atoms. The third-order valence-electron chi connectivity index (χ3n) is 5.33. The molecule has 1 saturated heterocycles. The van der Waals surface area contributed by atoms with Crippen molar-refractivity contribution in [2.24, 2.45) is 0 Å². The van der Waals surface area contributed by atoms with Gasteiger partial charge in [-0.25, -0.2) is 4.39 Å². The molecular weight excluding hydrogens is 371 g/mol. The number of Topliss-reactive ketones (excluding diaryl/α,β-unsaturated/α-hetero) is 1. The molecule has 1 aromatic heterocycles. The largest absolute Gasteiger partial charge is 0.377 e. The van der Waals surface area contributed by atoms with E-state index in [4.69, 9.17) is 4.74 Å². The Kier molecular flexibility index (Phi) is 5.45. The number of fused-ring (bicyclic) bond motifs is 1. The molecule has 1 aliphatic rings. The van der Waals surface area contributed by atoms with Gasteiger partial charge in [0, 0.05) is 29.4 Å². The Morgan fingerprint density at radius 2 is 1.90 bits per heavy atom. The molecule has 0 radical (unpaired) electrons. The quantitative estimate of drug-likeness (QED) is 0.664. The Labute approximate surface area is 168 Å². The molecule has 1 amide bonds. The fourth-order valence-electron chi connectivity index (χ4n) is 3.93. The van der Waals surface area contributed by atoms with Gasteiger partial charge >= 0.3 is 0 Å². The normalized spacial score (nSPS) is 16.9. The topological polar surface area (TPSA) is 51.5 Å². The number of amides is 1. The van der Waals surface area contributed by atoms with Crippen molar-refractivity contribution in [3.63, 3.8) is 0 Å². The summed E-state index contributed by atoms with van der Waals surface area (Å²) < 4.78 is 21.7. The van der Waals surface area contributed by atoms with Crippen molar-refractivity contribution in [1.82, 2.24) is 9.47 Å². The fourth-order valence-corrected chi connectivity index (χ4v) is 3.93. The number of hydrogen-bond acceptors (Lipinski definition) is 3. The van der Waals surface area contributed by atoms with E-state index in [9.17, 15) is 14.0 Å². The van der Waals surface area contributed by atoms with Crippen molar-refractivity contribution in [1.29, 1.82) is 0 Å². The van der Waals surface area contributed by atoms with Gasteiger partial charge in [0.2, 0.25) is 0 Å². The van der Waals surface area contributed by atoms with Crippen LogP contribution in [-0.4, -0.2) is 47.0 Å². The number of morpholine rings is 1. The van der Waals surface area contributed by atoms with Crippen LogP contribution in [0.4, 0.5) is 4.39 Å². The lowest BCUT2D eigenvalue weighted by Gasteiger charge is -2.35. The lowest BCUT2D eigenvalue weighted by molar-refractivity contribution is -0.119. The molecule has 1 fully saturated rings. The molecule has 0 N–H and O–H groups in total. The zero-order chi connectivity index (χ0) is 20.4. The molecule has 4 rings (SSSR count). The van der Waals surface area contributed by atoms with Gasteiger partial charge in [-0.2, -0.15) is 0 Å². The molecule has 1 aliphatic heterocycles. The van der Waals surface area contributed by atoms with Crippen LogP contribution in [0.2, 0.25) is 0 Å². The number of carbonyl (C=O) groups is 2. The first-order valence-electron chi connectivity index (χ1n) is 9.74. The second kappa shape index (κ2) is 8.17. The number of nitrogens with zero attached hydrogens (tertiary/aromatic N) is 2. The van der Waals surface area contributed by atoms with E-state index in [1.165, 1.54) is 13.0 Å². The fraction of sp³-hybridized carbons (Fsp3) is 0.304. The van der Waals surface area contributed by atoms with Crippen LogP contribution in [0.3, 0.4) is 0 Å². The summed E-state index contributed by atoms with van der Waals surface area (Å²) in [4.78, 5) is 26.9. The molecular formula is C23H23FN2O3. The minimum absolute atomic E-state index is 0.0187. The zero-order valence-electron chi connectivity index (χ0n) is 16.3. The Bertz CT molecular complexity index is 1060. The summed E-state index contributed by atoms with van der Waals surface area (Å²) in [7, 11) is 0. The Morgan fingerprint density at radius 1 is 1.14 bits per heavy atom. The summed E-state index contributed by atoms with van der Waals surface area (Å²) in [5, 5.41) is 0.920. The van der Waals surface area contributed by atoms with Gasteiger partial charge in [0.25, 0.3) is 5.91 Å². The maximum atomic E-state index is 14.3. The van der Waals surface area contributed by atoms with Gasteiger partial charge in [-0.3, -0.25) is 9.59 Å². The molecule has 2 heterocycles. The molecule has 1 unspecified atom stereocenters. The van der Waals surface area contributed by atoms with Crippen molar-refractivity contribution >= 4 is 22.6 Å². The molecule has 0 spiro atoms. The number of rotatable bonds is 5. The van der Waals surface area contributed by atoms with E-state index in [-0.39, 0.29) is 36.5 Å². The van der Waals surface area contributed by atoms with E-state index in [0.29, 0.717) is 31.0 Å². The van der Waals surface area contributed by atoms with Gasteiger partial charge in [-0.05, 0) is 25.1 Å². The number of para-hydroxylation sites is 1. The van der Waals surface area contributed by atoms with Crippen molar-refractivity contribution in [2.45, 2.75) is 25.9 Å². The summed E-state index contributed by atoms with van der Waals surface area (Å²) in [6, 6.07) is 15.8. The average Bonchev–Trinajstić information content (AvgIpc) is 3.08.